The van der Waals surface area contributed by atoms with Crippen LogP contribution in [0.1, 0.15) is 48.8 Å². The number of fused-ring (bicyclic) bond motifs is 1. The number of methoxy groups -OCH3 is 1. The molecule has 2 aromatic carbocycles. The third kappa shape index (κ3) is 3.17. The molecule has 1 saturated heterocycles. The fraction of sp³-hybridized carbons (Fsp3) is 0.519. The zero-order chi connectivity index (χ0) is 22.3. The van der Waals surface area contributed by atoms with Crippen LogP contribution in [0.2, 0.25) is 0 Å². The van der Waals surface area contributed by atoms with Crippen molar-refractivity contribution >= 4 is 5.78 Å². The highest BCUT2D eigenvalue weighted by Crippen LogP contribution is 2.61. The van der Waals surface area contributed by atoms with Crippen molar-refractivity contribution in [2.24, 2.45) is 0 Å². The number of benzene rings is 2. The van der Waals surface area contributed by atoms with Gasteiger partial charge in [0.1, 0.15) is 5.78 Å². The molecule has 32 heavy (non-hydrogen) atoms. The maximum atomic E-state index is 12.8. The number of hydrogen-bond acceptors (Lipinski definition) is 5. The van der Waals surface area contributed by atoms with Crippen molar-refractivity contribution in [1.29, 1.82) is 0 Å². The summed E-state index contributed by atoms with van der Waals surface area (Å²) in [7, 11) is 3.76. The number of likely N-dealkylation sites (N-methyl/N-ethyl adjacent to an activating group) is 1. The summed E-state index contributed by atoms with van der Waals surface area (Å²) < 4.78 is 12.4. The number of likely N-dealkylation sites (tertiary alicyclic amines) is 1. The molecule has 0 aromatic heterocycles. The molecule has 5 heteroatoms. The van der Waals surface area contributed by atoms with E-state index in [1.165, 1.54) is 5.56 Å². The third-order valence-corrected chi connectivity index (χ3v) is 8.20. The average molecular weight is 436 g/mol. The Kier molecular flexibility index (Phi) is 5.50. The van der Waals surface area contributed by atoms with Crippen LogP contribution >= 0.6 is 0 Å². The number of phenols is 1. The first-order chi connectivity index (χ1) is 15.5. The lowest BCUT2D eigenvalue weighted by Crippen LogP contribution is -2.73. The largest absolute Gasteiger partial charge is 0.504 e. The normalized spacial score (nSPS) is 29.3. The number of rotatable bonds is 6. The Morgan fingerprint density at radius 3 is 2.75 bits per heavy atom. The summed E-state index contributed by atoms with van der Waals surface area (Å²) in [5.41, 5.74) is 2.37. The molecule has 1 heterocycles. The summed E-state index contributed by atoms with van der Waals surface area (Å²) >= 11 is 0. The van der Waals surface area contributed by atoms with E-state index in [1.807, 2.05) is 12.1 Å². The minimum absolute atomic E-state index is 0.194. The van der Waals surface area contributed by atoms with Gasteiger partial charge in [-0.25, -0.2) is 0 Å². The van der Waals surface area contributed by atoms with Gasteiger partial charge in [-0.2, -0.15) is 0 Å². The number of carbonyl (C=O) groups excluding carboxylic acids is 1. The van der Waals surface area contributed by atoms with E-state index in [4.69, 9.17) is 9.47 Å². The minimum Gasteiger partial charge on any atom is -0.504 e. The van der Waals surface area contributed by atoms with Crippen LogP contribution in [-0.2, 0) is 27.8 Å². The first-order valence-electron chi connectivity index (χ1n) is 11.8. The monoisotopic (exact) mass is 435 g/mol. The highest BCUT2D eigenvalue weighted by Gasteiger charge is 2.66. The average Bonchev–Trinajstić information content (AvgIpc) is 2.80. The molecule has 1 N–H and O–H groups in total. The topological polar surface area (TPSA) is 59.0 Å². The lowest BCUT2D eigenvalue weighted by Gasteiger charge is -2.64. The molecule has 170 valence electrons. The Morgan fingerprint density at radius 1 is 1.16 bits per heavy atom. The first-order valence-corrected chi connectivity index (χ1v) is 11.8. The molecule has 1 saturated carbocycles. The van der Waals surface area contributed by atoms with Crippen molar-refractivity contribution in [1.82, 2.24) is 4.90 Å². The van der Waals surface area contributed by atoms with E-state index < -0.39 is 11.0 Å². The number of ketones is 1. The van der Waals surface area contributed by atoms with E-state index in [0.29, 0.717) is 31.6 Å². The summed E-state index contributed by atoms with van der Waals surface area (Å²) in [5, 5.41) is 11.3. The molecule has 1 aliphatic heterocycles. The van der Waals surface area contributed by atoms with Crippen LogP contribution in [0.3, 0.4) is 0 Å². The third-order valence-electron chi connectivity index (χ3n) is 8.20. The predicted octanol–water partition coefficient (Wildman–Crippen LogP) is 4.04. The number of hydrogen-bond donors (Lipinski definition) is 1. The van der Waals surface area contributed by atoms with Crippen molar-refractivity contribution < 1.29 is 19.4 Å². The number of aryl methyl sites for hydroxylation is 1. The van der Waals surface area contributed by atoms with Crippen LogP contribution in [0.5, 0.6) is 11.5 Å². The van der Waals surface area contributed by atoms with Gasteiger partial charge in [-0.3, -0.25) is 4.79 Å². The number of piperidine rings is 1. The van der Waals surface area contributed by atoms with Gasteiger partial charge in [0.25, 0.3) is 0 Å². The number of ether oxygens (including phenoxy) is 2. The van der Waals surface area contributed by atoms with Gasteiger partial charge in [0.2, 0.25) is 0 Å². The fourth-order valence-electron chi connectivity index (χ4n) is 6.72. The summed E-state index contributed by atoms with van der Waals surface area (Å²) in [6, 6.07) is 14.6. The lowest BCUT2D eigenvalue weighted by molar-refractivity contribution is -0.197. The summed E-state index contributed by atoms with van der Waals surface area (Å²) in [4.78, 5) is 15.3. The Bertz CT molecular complexity index is 1010. The second-order valence-corrected chi connectivity index (χ2v) is 9.73. The number of nitrogens with zero attached hydrogens (tertiary/aromatic N) is 1. The number of phenolic OH excluding ortho intramolecular Hbond substituents is 1. The van der Waals surface area contributed by atoms with E-state index in [-0.39, 0.29) is 17.6 Å². The zero-order valence-corrected chi connectivity index (χ0v) is 19.1. The van der Waals surface area contributed by atoms with Crippen LogP contribution < -0.4 is 4.74 Å². The fourth-order valence-corrected chi connectivity index (χ4v) is 6.72. The zero-order valence-electron chi connectivity index (χ0n) is 19.1. The molecule has 0 amide bonds. The van der Waals surface area contributed by atoms with E-state index in [2.05, 4.69) is 42.3 Å². The van der Waals surface area contributed by atoms with E-state index >= 15 is 0 Å². The molecule has 0 spiro atoms. The molecule has 2 aliphatic carbocycles. The van der Waals surface area contributed by atoms with Crippen LogP contribution in [0.25, 0.3) is 0 Å². The van der Waals surface area contributed by atoms with Gasteiger partial charge < -0.3 is 19.5 Å². The Hall–Kier alpha value is -2.37. The summed E-state index contributed by atoms with van der Waals surface area (Å²) in [6.45, 7) is 1.54. The highest BCUT2D eigenvalue weighted by molar-refractivity contribution is 5.83. The Labute approximate surface area is 190 Å². The predicted molar refractivity (Wildman–Crippen MR) is 123 cm³/mol. The van der Waals surface area contributed by atoms with Crippen molar-refractivity contribution in [2.45, 2.75) is 62.0 Å². The quantitative estimate of drug-likeness (QED) is 0.694. The number of carbonyl (C=O) groups is 1. The van der Waals surface area contributed by atoms with Gasteiger partial charge >= 0.3 is 0 Å². The van der Waals surface area contributed by atoms with Crippen molar-refractivity contribution in [3.8, 4) is 11.5 Å². The molecule has 0 radical (unpaired) electrons. The van der Waals surface area contributed by atoms with Gasteiger partial charge in [-0.15, -0.1) is 0 Å². The van der Waals surface area contributed by atoms with E-state index in [0.717, 1.165) is 43.4 Å². The van der Waals surface area contributed by atoms with E-state index in [9.17, 15) is 9.90 Å². The molecular weight excluding hydrogens is 402 g/mol. The molecule has 3 atom stereocenters. The van der Waals surface area contributed by atoms with Gasteiger partial charge in [-0.05, 0) is 62.9 Å². The molecule has 2 fully saturated rings. The van der Waals surface area contributed by atoms with Crippen molar-refractivity contribution in [3.63, 3.8) is 0 Å². The maximum Gasteiger partial charge on any atom is 0.161 e. The smallest absolute Gasteiger partial charge is 0.161 e. The van der Waals surface area contributed by atoms with Crippen molar-refractivity contribution in [3.05, 3.63) is 59.2 Å². The SMILES string of the molecule is COc1ccc2c(c1O)[C@]13CCN(C)C(C2)[C@]1(OCCCc1ccccc1)CCC(=O)C3. The van der Waals surface area contributed by atoms with Gasteiger partial charge in [-0.1, -0.05) is 36.4 Å². The molecule has 1 unspecified atom stereocenters. The van der Waals surface area contributed by atoms with Gasteiger partial charge in [0.05, 0.1) is 12.7 Å². The Morgan fingerprint density at radius 2 is 1.97 bits per heavy atom. The Balaban J connectivity index is 1.53. The standard InChI is InChI=1S/C27H33NO4/c1-28-15-14-26-18-21(29)12-13-27(26,32-16-6-9-19-7-4-3-5-8-19)23(28)17-20-10-11-22(31-2)25(30)24(20)26/h3-5,7-8,10-11,23,30H,6,9,12-18H2,1-2H3/t23?,26-,27-/m1/s1. The van der Waals surface area contributed by atoms with E-state index in [1.54, 1.807) is 7.11 Å². The summed E-state index contributed by atoms with van der Waals surface area (Å²) in [5.74, 6) is 0.943. The molecule has 5 rings (SSSR count). The molecule has 2 bridgehead atoms. The number of aromatic hydroxyl groups is 1. The first kappa shape index (κ1) is 21.5. The molecule has 5 nitrogen and oxygen atoms in total. The lowest BCUT2D eigenvalue weighted by atomic mass is 9.49. The van der Waals surface area contributed by atoms with Crippen LogP contribution in [-0.4, -0.2) is 54.7 Å². The maximum absolute atomic E-state index is 12.8. The number of Topliss-reactive ketones (excluding diaryl/α,β-unsaturated/α-hetero) is 1. The van der Waals surface area contributed by atoms with Gasteiger partial charge in [0, 0.05) is 36.5 Å². The molecule has 3 aliphatic rings. The molecular formula is C27H33NO4. The minimum atomic E-state index is -0.502. The summed E-state index contributed by atoms with van der Waals surface area (Å²) in [6.07, 6.45) is 5.22. The molecule has 2 aromatic rings. The van der Waals surface area contributed by atoms with Crippen LogP contribution in [0.15, 0.2) is 42.5 Å². The van der Waals surface area contributed by atoms with Gasteiger partial charge in [0.15, 0.2) is 11.5 Å². The second-order valence-electron chi connectivity index (χ2n) is 9.73. The second kappa shape index (κ2) is 8.20. The van der Waals surface area contributed by atoms with Crippen LogP contribution in [0, 0.1) is 0 Å². The van der Waals surface area contributed by atoms with Crippen molar-refractivity contribution in [2.75, 3.05) is 27.3 Å². The highest BCUT2D eigenvalue weighted by atomic mass is 16.5. The van der Waals surface area contributed by atoms with Crippen LogP contribution in [0.4, 0.5) is 0 Å².